The lowest BCUT2D eigenvalue weighted by Crippen LogP contribution is -2.39. The van der Waals surface area contributed by atoms with Crippen molar-refractivity contribution in [2.75, 3.05) is 31.1 Å². The first-order chi connectivity index (χ1) is 11.8. The maximum Gasteiger partial charge on any atom is 0.231 e. The molecule has 7 heteroatoms. The molecule has 1 fully saturated rings. The van der Waals surface area contributed by atoms with E-state index in [1.54, 1.807) is 12.5 Å². The molecule has 3 heterocycles. The number of hydrogen-bond donors (Lipinski definition) is 1. The van der Waals surface area contributed by atoms with Gasteiger partial charge in [0.1, 0.15) is 0 Å². The highest BCUT2D eigenvalue weighted by atomic mass is 16.2. The number of imidazole rings is 1. The highest BCUT2D eigenvalue weighted by Gasteiger charge is 2.32. The Morgan fingerprint density at radius 1 is 1.21 bits per heavy atom. The van der Waals surface area contributed by atoms with Gasteiger partial charge in [0.15, 0.2) is 5.82 Å². The van der Waals surface area contributed by atoms with Crippen LogP contribution in [0.15, 0.2) is 24.7 Å². The Balaban J connectivity index is 1.45. The van der Waals surface area contributed by atoms with Crippen molar-refractivity contribution in [3.05, 3.63) is 36.0 Å². The van der Waals surface area contributed by atoms with E-state index in [1.807, 2.05) is 17.0 Å². The van der Waals surface area contributed by atoms with Crippen LogP contribution in [0, 0.1) is 0 Å². The summed E-state index contributed by atoms with van der Waals surface area (Å²) in [6.07, 6.45) is 7.30. The van der Waals surface area contributed by atoms with Crippen LogP contribution >= 0.6 is 0 Å². The largest absolute Gasteiger partial charge is 0.353 e. The summed E-state index contributed by atoms with van der Waals surface area (Å²) < 4.78 is 0. The van der Waals surface area contributed by atoms with E-state index in [0.717, 1.165) is 69.1 Å². The monoisotopic (exact) mass is 326 g/mol. The molecule has 1 N–H and O–H groups in total. The van der Waals surface area contributed by atoms with Crippen molar-refractivity contribution in [1.82, 2.24) is 25.1 Å². The molecule has 7 nitrogen and oxygen atoms in total. The SMILES string of the molecule is O=C(C1CCCc2[nH]cnc21)N1CCCN(c2cccnn2)CC1. The molecule has 0 aromatic carbocycles. The summed E-state index contributed by atoms with van der Waals surface area (Å²) in [7, 11) is 0. The van der Waals surface area contributed by atoms with Gasteiger partial charge in [0, 0.05) is 38.1 Å². The smallest absolute Gasteiger partial charge is 0.231 e. The van der Waals surface area contributed by atoms with Crippen LogP contribution in [0.25, 0.3) is 0 Å². The number of hydrogen-bond acceptors (Lipinski definition) is 5. The van der Waals surface area contributed by atoms with Gasteiger partial charge < -0.3 is 14.8 Å². The highest BCUT2D eigenvalue weighted by Crippen LogP contribution is 2.31. The highest BCUT2D eigenvalue weighted by molar-refractivity contribution is 5.84. The van der Waals surface area contributed by atoms with Gasteiger partial charge >= 0.3 is 0 Å². The molecule has 2 aromatic rings. The average Bonchev–Trinajstić information content (AvgIpc) is 2.98. The molecule has 0 bridgehead atoms. The average molecular weight is 326 g/mol. The minimum atomic E-state index is -0.0805. The van der Waals surface area contributed by atoms with Crippen LogP contribution in [0.1, 0.15) is 36.6 Å². The minimum Gasteiger partial charge on any atom is -0.353 e. The second-order valence-electron chi connectivity index (χ2n) is 6.46. The van der Waals surface area contributed by atoms with Crippen LogP contribution in [0.4, 0.5) is 5.82 Å². The first-order valence-corrected chi connectivity index (χ1v) is 8.66. The van der Waals surface area contributed by atoms with Crippen molar-refractivity contribution in [2.24, 2.45) is 0 Å². The molecule has 1 saturated heterocycles. The van der Waals surface area contributed by atoms with Crippen molar-refractivity contribution in [1.29, 1.82) is 0 Å². The molecule has 1 atom stereocenters. The molecule has 0 spiro atoms. The number of aryl methyl sites for hydroxylation is 1. The van der Waals surface area contributed by atoms with Crippen LogP contribution in [0.3, 0.4) is 0 Å². The molecule has 0 saturated carbocycles. The Kier molecular flexibility index (Phi) is 4.15. The van der Waals surface area contributed by atoms with Gasteiger partial charge in [-0.05, 0) is 37.8 Å². The zero-order valence-electron chi connectivity index (χ0n) is 13.7. The fourth-order valence-electron chi connectivity index (χ4n) is 3.74. The van der Waals surface area contributed by atoms with Gasteiger partial charge in [-0.25, -0.2) is 4.98 Å². The Morgan fingerprint density at radius 2 is 2.17 bits per heavy atom. The van der Waals surface area contributed by atoms with Gasteiger partial charge in [-0.3, -0.25) is 4.79 Å². The van der Waals surface area contributed by atoms with E-state index in [2.05, 4.69) is 25.1 Å². The van der Waals surface area contributed by atoms with Gasteiger partial charge in [-0.15, -0.1) is 5.10 Å². The number of nitrogens with zero attached hydrogens (tertiary/aromatic N) is 5. The molecular formula is C17H22N6O. The third kappa shape index (κ3) is 2.86. The van der Waals surface area contributed by atoms with Gasteiger partial charge in [0.05, 0.1) is 17.9 Å². The normalized spacial score (nSPS) is 21.2. The number of anilines is 1. The summed E-state index contributed by atoms with van der Waals surface area (Å²) in [6, 6.07) is 3.87. The standard InChI is InChI=1S/C17H22N6O/c24-17(13-4-1-5-14-16(13)19-12-18-14)23-9-3-8-22(10-11-23)15-6-2-7-20-21-15/h2,6-7,12-13H,1,3-5,8-11H2,(H,18,19). The number of aromatic nitrogens is 4. The maximum atomic E-state index is 13.0. The van der Waals surface area contributed by atoms with E-state index >= 15 is 0 Å². The molecule has 0 radical (unpaired) electrons. The summed E-state index contributed by atoms with van der Waals surface area (Å²) in [4.78, 5) is 24.8. The van der Waals surface area contributed by atoms with E-state index in [0.29, 0.717) is 0 Å². The number of fused-ring (bicyclic) bond motifs is 1. The predicted octanol–water partition coefficient (Wildman–Crippen LogP) is 1.36. The number of carbonyl (C=O) groups excluding carboxylic acids is 1. The summed E-state index contributed by atoms with van der Waals surface area (Å²) in [5.41, 5.74) is 2.09. The van der Waals surface area contributed by atoms with Crippen LogP contribution in [0.5, 0.6) is 0 Å². The Bertz CT molecular complexity index is 700. The number of rotatable bonds is 2. The molecule has 2 aliphatic rings. The lowest BCUT2D eigenvalue weighted by atomic mass is 9.88. The lowest BCUT2D eigenvalue weighted by molar-refractivity contribution is -0.133. The van der Waals surface area contributed by atoms with E-state index in [4.69, 9.17) is 0 Å². The van der Waals surface area contributed by atoms with E-state index in [9.17, 15) is 4.79 Å². The van der Waals surface area contributed by atoms with Crippen LogP contribution in [-0.2, 0) is 11.2 Å². The van der Waals surface area contributed by atoms with Crippen LogP contribution in [-0.4, -0.2) is 57.2 Å². The Hall–Kier alpha value is -2.44. The van der Waals surface area contributed by atoms with Crippen molar-refractivity contribution in [3.8, 4) is 0 Å². The fraction of sp³-hybridized carbons (Fsp3) is 0.529. The number of aromatic amines is 1. The van der Waals surface area contributed by atoms with Crippen LogP contribution in [0.2, 0.25) is 0 Å². The van der Waals surface area contributed by atoms with Gasteiger partial charge in [0.25, 0.3) is 0 Å². The second-order valence-corrected chi connectivity index (χ2v) is 6.46. The molecule has 126 valence electrons. The summed E-state index contributed by atoms with van der Waals surface area (Å²) >= 11 is 0. The molecule has 1 unspecified atom stereocenters. The number of nitrogens with one attached hydrogen (secondary N) is 1. The zero-order chi connectivity index (χ0) is 16.4. The molecule has 1 aliphatic carbocycles. The minimum absolute atomic E-state index is 0.0805. The maximum absolute atomic E-state index is 13.0. The Labute approximate surface area is 141 Å². The first kappa shape index (κ1) is 15.1. The first-order valence-electron chi connectivity index (χ1n) is 8.66. The summed E-state index contributed by atoms with van der Waals surface area (Å²) in [6.45, 7) is 3.23. The third-order valence-electron chi connectivity index (χ3n) is 4.99. The second kappa shape index (κ2) is 6.59. The number of amides is 1. The molecule has 2 aromatic heterocycles. The summed E-state index contributed by atoms with van der Waals surface area (Å²) in [5.74, 6) is 1.03. The molecule has 24 heavy (non-hydrogen) atoms. The topological polar surface area (TPSA) is 78.0 Å². The number of H-pyrrole nitrogens is 1. The van der Waals surface area contributed by atoms with Crippen molar-refractivity contribution in [2.45, 2.75) is 31.6 Å². The van der Waals surface area contributed by atoms with Gasteiger partial charge in [-0.1, -0.05) is 0 Å². The van der Waals surface area contributed by atoms with E-state index in [1.165, 1.54) is 0 Å². The third-order valence-corrected chi connectivity index (χ3v) is 4.99. The molecule has 4 rings (SSSR count). The van der Waals surface area contributed by atoms with E-state index in [-0.39, 0.29) is 11.8 Å². The lowest BCUT2D eigenvalue weighted by Gasteiger charge is -2.28. The van der Waals surface area contributed by atoms with Crippen molar-refractivity contribution < 1.29 is 4.79 Å². The van der Waals surface area contributed by atoms with Gasteiger partial charge in [0.2, 0.25) is 5.91 Å². The van der Waals surface area contributed by atoms with Gasteiger partial charge in [-0.2, -0.15) is 5.10 Å². The van der Waals surface area contributed by atoms with Crippen molar-refractivity contribution in [3.63, 3.8) is 0 Å². The van der Waals surface area contributed by atoms with Crippen molar-refractivity contribution >= 4 is 11.7 Å². The van der Waals surface area contributed by atoms with Crippen LogP contribution < -0.4 is 4.90 Å². The predicted molar refractivity (Wildman–Crippen MR) is 89.7 cm³/mol. The number of carbonyl (C=O) groups is 1. The molecule has 1 amide bonds. The Morgan fingerprint density at radius 3 is 3.04 bits per heavy atom. The molecule has 1 aliphatic heterocycles. The summed E-state index contributed by atoms with van der Waals surface area (Å²) in [5, 5.41) is 8.14. The fourth-order valence-corrected chi connectivity index (χ4v) is 3.74. The zero-order valence-corrected chi connectivity index (χ0v) is 13.7. The quantitative estimate of drug-likeness (QED) is 0.901. The van der Waals surface area contributed by atoms with E-state index < -0.39 is 0 Å². The molecular weight excluding hydrogens is 304 g/mol.